The number of methoxy groups -OCH3 is 1. The Hall–Kier alpha value is -1.39. The Kier molecular flexibility index (Phi) is 3.99. The Labute approximate surface area is 115 Å². The van der Waals surface area contributed by atoms with Gasteiger partial charge in [-0.3, -0.25) is 4.98 Å². The van der Waals surface area contributed by atoms with Gasteiger partial charge in [-0.15, -0.1) is 0 Å². The van der Waals surface area contributed by atoms with E-state index in [1.165, 1.54) is 0 Å². The van der Waals surface area contributed by atoms with Crippen molar-refractivity contribution in [1.82, 2.24) is 4.98 Å². The summed E-state index contributed by atoms with van der Waals surface area (Å²) in [4.78, 5) is 4.05. The van der Waals surface area contributed by atoms with Gasteiger partial charge in [-0.05, 0) is 24.1 Å². The summed E-state index contributed by atoms with van der Waals surface area (Å²) in [5.74, 6) is 0.635. The summed E-state index contributed by atoms with van der Waals surface area (Å²) in [7, 11) is 1.58. The minimum absolute atomic E-state index is 0.635. The Bertz CT molecular complexity index is 557. The average molecular weight is 308 g/mol. The topological polar surface area (TPSA) is 42.4 Å². The van der Waals surface area contributed by atoms with E-state index in [-0.39, 0.29) is 0 Å². The smallest absolute Gasteiger partial charge is 0.137 e. The third kappa shape index (κ3) is 2.54. The molecule has 0 bridgehead atoms. The zero-order valence-corrected chi connectivity index (χ0v) is 11.8. The molecule has 94 valence electrons. The Balaban J connectivity index is 2.41. The molecule has 0 saturated heterocycles. The standard InChI is InChI=1S/C14H14BrNO2/c1-9-4-3-5-12(13(9)15)14(17)10-6-11(18-2)8-16-7-10/h3-8,14,17H,1-2H3. The lowest BCUT2D eigenvalue weighted by atomic mass is 10.0. The van der Waals surface area contributed by atoms with Crippen molar-refractivity contribution < 1.29 is 9.84 Å². The van der Waals surface area contributed by atoms with Crippen LogP contribution in [0.3, 0.4) is 0 Å². The molecule has 3 nitrogen and oxygen atoms in total. The molecular formula is C14H14BrNO2. The lowest BCUT2D eigenvalue weighted by molar-refractivity contribution is 0.218. The van der Waals surface area contributed by atoms with Crippen LogP contribution in [0.4, 0.5) is 0 Å². The predicted molar refractivity (Wildman–Crippen MR) is 73.7 cm³/mol. The molecule has 0 amide bonds. The Morgan fingerprint density at radius 1 is 1.33 bits per heavy atom. The molecule has 1 aromatic heterocycles. The molecule has 4 heteroatoms. The third-order valence-corrected chi connectivity index (χ3v) is 3.89. The molecule has 0 fully saturated rings. The summed E-state index contributed by atoms with van der Waals surface area (Å²) in [6.07, 6.45) is 2.53. The lowest BCUT2D eigenvalue weighted by Crippen LogP contribution is -2.02. The third-order valence-electron chi connectivity index (χ3n) is 2.80. The molecule has 2 aromatic rings. The second-order valence-corrected chi connectivity index (χ2v) is 4.83. The summed E-state index contributed by atoms with van der Waals surface area (Å²) in [5.41, 5.74) is 2.62. The average Bonchev–Trinajstić information content (AvgIpc) is 2.41. The molecule has 1 N–H and O–H groups in total. The maximum atomic E-state index is 10.4. The second-order valence-electron chi connectivity index (χ2n) is 4.04. The van der Waals surface area contributed by atoms with E-state index < -0.39 is 6.10 Å². The minimum Gasteiger partial charge on any atom is -0.495 e. The van der Waals surface area contributed by atoms with Gasteiger partial charge in [0.05, 0.1) is 13.3 Å². The minimum atomic E-state index is -0.720. The van der Waals surface area contributed by atoms with Gasteiger partial charge in [-0.25, -0.2) is 0 Å². The van der Waals surface area contributed by atoms with Gasteiger partial charge in [0.1, 0.15) is 11.9 Å². The summed E-state index contributed by atoms with van der Waals surface area (Å²) < 4.78 is 6.03. The molecular weight excluding hydrogens is 294 g/mol. The normalized spacial score (nSPS) is 12.2. The van der Waals surface area contributed by atoms with Crippen molar-refractivity contribution in [3.63, 3.8) is 0 Å². The SMILES string of the molecule is COc1cncc(C(O)c2cccc(C)c2Br)c1. The highest BCUT2D eigenvalue weighted by molar-refractivity contribution is 9.10. The van der Waals surface area contributed by atoms with E-state index in [1.54, 1.807) is 25.6 Å². The van der Waals surface area contributed by atoms with Crippen LogP contribution in [0.2, 0.25) is 0 Å². The number of hydrogen-bond acceptors (Lipinski definition) is 3. The van der Waals surface area contributed by atoms with Crippen LogP contribution in [0, 0.1) is 6.92 Å². The van der Waals surface area contributed by atoms with Crippen LogP contribution in [-0.2, 0) is 0 Å². The molecule has 0 aliphatic heterocycles. The first kappa shape index (κ1) is 13.1. The largest absolute Gasteiger partial charge is 0.495 e. The van der Waals surface area contributed by atoms with E-state index >= 15 is 0 Å². The predicted octanol–water partition coefficient (Wildman–Crippen LogP) is 3.24. The molecule has 0 spiro atoms. The molecule has 0 radical (unpaired) electrons. The van der Waals surface area contributed by atoms with Crippen LogP contribution in [0.15, 0.2) is 41.1 Å². The van der Waals surface area contributed by atoms with Gasteiger partial charge < -0.3 is 9.84 Å². The molecule has 1 atom stereocenters. The lowest BCUT2D eigenvalue weighted by Gasteiger charge is -2.15. The fraction of sp³-hybridized carbons (Fsp3) is 0.214. The van der Waals surface area contributed by atoms with Crippen LogP contribution in [0.1, 0.15) is 22.8 Å². The fourth-order valence-electron chi connectivity index (χ4n) is 1.76. The first-order valence-corrected chi connectivity index (χ1v) is 6.35. The molecule has 0 saturated carbocycles. The number of pyridine rings is 1. The van der Waals surface area contributed by atoms with E-state index in [1.807, 2.05) is 25.1 Å². The highest BCUT2D eigenvalue weighted by Gasteiger charge is 2.15. The first-order chi connectivity index (χ1) is 8.63. The van der Waals surface area contributed by atoms with E-state index in [9.17, 15) is 5.11 Å². The van der Waals surface area contributed by atoms with E-state index in [2.05, 4.69) is 20.9 Å². The summed E-state index contributed by atoms with van der Waals surface area (Å²) >= 11 is 3.50. The first-order valence-electron chi connectivity index (χ1n) is 5.55. The van der Waals surface area contributed by atoms with Crippen LogP contribution in [0.5, 0.6) is 5.75 Å². The summed E-state index contributed by atoms with van der Waals surface area (Å²) in [5, 5.41) is 10.4. The number of aromatic nitrogens is 1. The number of rotatable bonds is 3. The number of aryl methyl sites for hydroxylation is 1. The monoisotopic (exact) mass is 307 g/mol. The van der Waals surface area contributed by atoms with Gasteiger partial charge in [-0.1, -0.05) is 34.1 Å². The van der Waals surface area contributed by atoms with Crippen molar-refractivity contribution in [1.29, 1.82) is 0 Å². The summed E-state index contributed by atoms with van der Waals surface area (Å²) in [6.45, 7) is 1.99. The number of benzene rings is 1. The van der Waals surface area contributed by atoms with Gasteiger partial charge in [0, 0.05) is 16.2 Å². The molecule has 2 rings (SSSR count). The highest BCUT2D eigenvalue weighted by atomic mass is 79.9. The number of aliphatic hydroxyl groups excluding tert-OH is 1. The van der Waals surface area contributed by atoms with Gasteiger partial charge in [0.2, 0.25) is 0 Å². The zero-order chi connectivity index (χ0) is 13.1. The maximum Gasteiger partial charge on any atom is 0.137 e. The van der Waals surface area contributed by atoms with Crippen LogP contribution < -0.4 is 4.74 Å². The van der Waals surface area contributed by atoms with E-state index in [0.717, 1.165) is 15.6 Å². The number of halogens is 1. The van der Waals surface area contributed by atoms with Gasteiger partial charge in [-0.2, -0.15) is 0 Å². The van der Waals surface area contributed by atoms with E-state index in [0.29, 0.717) is 11.3 Å². The van der Waals surface area contributed by atoms with Crippen molar-refractivity contribution in [2.45, 2.75) is 13.0 Å². The van der Waals surface area contributed by atoms with Crippen molar-refractivity contribution >= 4 is 15.9 Å². The van der Waals surface area contributed by atoms with E-state index in [4.69, 9.17) is 4.74 Å². The number of nitrogens with zero attached hydrogens (tertiary/aromatic N) is 1. The number of ether oxygens (including phenoxy) is 1. The van der Waals surface area contributed by atoms with Crippen molar-refractivity contribution in [2.75, 3.05) is 7.11 Å². The van der Waals surface area contributed by atoms with Crippen LogP contribution >= 0.6 is 15.9 Å². The van der Waals surface area contributed by atoms with Gasteiger partial charge in [0.15, 0.2) is 0 Å². The van der Waals surface area contributed by atoms with Crippen molar-refractivity contribution in [2.24, 2.45) is 0 Å². The van der Waals surface area contributed by atoms with Gasteiger partial charge in [0.25, 0.3) is 0 Å². The Morgan fingerprint density at radius 2 is 2.11 bits per heavy atom. The molecule has 1 aromatic carbocycles. The Morgan fingerprint density at radius 3 is 2.83 bits per heavy atom. The quantitative estimate of drug-likeness (QED) is 0.946. The number of hydrogen-bond donors (Lipinski definition) is 1. The van der Waals surface area contributed by atoms with Crippen molar-refractivity contribution in [3.05, 3.63) is 57.8 Å². The molecule has 1 heterocycles. The fourth-order valence-corrected chi connectivity index (χ4v) is 2.24. The number of aliphatic hydroxyl groups is 1. The molecule has 0 aliphatic rings. The molecule has 18 heavy (non-hydrogen) atoms. The highest BCUT2D eigenvalue weighted by Crippen LogP contribution is 2.31. The van der Waals surface area contributed by atoms with Crippen LogP contribution in [0.25, 0.3) is 0 Å². The maximum absolute atomic E-state index is 10.4. The van der Waals surface area contributed by atoms with Crippen LogP contribution in [-0.4, -0.2) is 17.2 Å². The summed E-state index contributed by atoms with van der Waals surface area (Å²) in [6, 6.07) is 7.59. The molecule has 0 aliphatic carbocycles. The second kappa shape index (κ2) is 5.50. The van der Waals surface area contributed by atoms with Gasteiger partial charge >= 0.3 is 0 Å². The van der Waals surface area contributed by atoms with Crippen molar-refractivity contribution in [3.8, 4) is 5.75 Å². The molecule has 1 unspecified atom stereocenters. The zero-order valence-electron chi connectivity index (χ0n) is 10.2.